The second-order valence-corrected chi connectivity index (χ2v) is 8.31. The van der Waals surface area contributed by atoms with Crippen molar-refractivity contribution in [2.45, 2.75) is 25.9 Å². The molecule has 1 saturated heterocycles. The summed E-state index contributed by atoms with van der Waals surface area (Å²) in [5.41, 5.74) is 3.50. The summed E-state index contributed by atoms with van der Waals surface area (Å²) < 4.78 is 5.89. The number of hydrogen-bond acceptors (Lipinski definition) is 4. The molecule has 0 atom stereocenters. The van der Waals surface area contributed by atoms with Crippen LogP contribution in [-0.4, -0.2) is 48.9 Å². The van der Waals surface area contributed by atoms with E-state index >= 15 is 0 Å². The van der Waals surface area contributed by atoms with Crippen molar-refractivity contribution in [2.75, 3.05) is 33.2 Å². The van der Waals surface area contributed by atoms with Crippen LogP contribution in [0.15, 0.2) is 71.1 Å². The first-order valence-electron chi connectivity index (χ1n) is 11.1. The first-order valence-corrected chi connectivity index (χ1v) is 11.1. The number of hydrogen-bond donors (Lipinski definition) is 1. The molecule has 31 heavy (non-hydrogen) atoms. The Balaban J connectivity index is 1.22. The Bertz CT molecular complexity index is 975. The molecular formula is C26H31N3O2. The molecule has 0 saturated carbocycles. The average molecular weight is 418 g/mol. The molecule has 1 amide bonds. The highest BCUT2D eigenvalue weighted by molar-refractivity contribution is 5.76. The maximum absolute atomic E-state index is 12.3. The minimum absolute atomic E-state index is 0.0436. The largest absolute Gasteiger partial charge is 0.461 e. The number of nitrogens with one attached hydrogen (secondary N) is 1. The van der Waals surface area contributed by atoms with Gasteiger partial charge in [0.1, 0.15) is 11.5 Å². The smallest absolute Gasteiger partial charge is 0.220 e. The molecule has 2 heterocycles. The van der Waals surface area contributed by atoms with Crippen molar-refractivity contribution in [1.29, 1.82) is 0 Å². The SMILES string of the molecule is CN1CCN(Cc2cccc(CNC(=O)CCc3ccc(-c4ccccc4)o3)c2)CC1. The number of furan rings is 1. The van der Waals surface area contributed by atoms with Gasteiger partial charge in [-0.2, -0.15) is 0 Å². The molecule has 5 heteroatoms. The molecule has 1 N–H and O–H groups in total. The minimum atomic E-state index is 0.0436. The van der Waals surface area contributed by atoms with Crippen molar-refractivity contribution in [3.63, 3.8) is 0 Å². The highest BCUT2D eigenvalue weighted by Crippen LogP contribution is 2.22. The van der Waals surface area contributed by atoms with E-state index in [1.807, 2.05) is 42.5 Å². The number of aryl methyl sites for hydroxylation is 1. The first-order chi connectivity index (χ1) is 15.2. The fraction of sp³-hybridized carbons (Fsp3) is 0.346. The van der Waals surface area contributed by atoms with Gasteiger partial charge in [0.05, 0.1) is 0 Å². The molecule has 2 aromatic carbocycles. The lowest BCUT2D eigenvalue weighted by atomic mass is 10.1. The van der Waals surface area contributed by atoms with E-state index in [0.717, 1.165) is 55.4 Å². The van der Waals surface area contributed by atoms with Crippen LogP contribution in [0.25, 0.3) is 11.3 Å². The molecule has 5 nitrogen and oxygen atoms in total. The van der Waals surface area contributed by atoms with Crippen molar-refractivity contribution in [2.24, 2.45) is 0 Å². The molecule has 1 aromatic heterocycles. The zero-order valence-electron chi connectivity index (χ0n) is 18.2. The Morgan fingerprint density at radius 1 is 0.935 bits per heavy atom. The monoisotopic (exact) mass is 417 g/mol. The van der Waals surface area contributed by atoms with Crippen LogP contribution in [0, 0.1) is 0 Å². The third kappa shape index (κ3) is 6.29. The molecular weight excluding hydrogens is 386 g/mol. The molecule has 0 aliphatic carbocycles. The number of piperazine rings is 1. The normalized spacial score (nSPS) is 15.1. The number of rotatable bonds is 8. The predicted octanol–water partition coefficient (Wildman–Crippen LogP) is 3.94. The van der Waals surface area contributed by atoms with Crippen LogP contribution >= 0.6 is 0 Å². The van der Waals surface area contributed by atoms with Crippen molar-refractivity contribution in [1.82, 2.24) is 15.1 Å². The maximum Gasteiger partial charge on any atom is 0.220 e. The van der Waals surface area contributed by atoms with E-state index in [0.29, 0.717) is 19.4 Å². The second-order valence-electron chi connectivity index (χ2n) is 8.31. The molecule has 0 spiro atoms. The Kier molecular flexibility index (Phi) is 7.18. The molecule has 0 unspecified atom stereocenters. The molecule has 4 rings (SSSR count). The van der Waals surface area contributed by atoms with Crippen molar-refractivity contribution >= 4 is 5.91 Å². The molecule has 162 valence electrons. The van der Waals surface area contributed by atoms with Crippen LogP contribution < -0.4 is 5.32 Å². The van der Waals surface area contributed by atoms with Crippen LogP contribution in [-0.2, 0) is 24.3 Å². The topological polar surface area (TPSA) is 48.7 Å². The lowest BCUT2D eigenvalue weighted by Crippen LogP contribution is -2.43. The van der Waals surface area contributed by atoms with Crippen LogP contribution in [0.3, 0.4) is 0 Å². The second kappa shape index (κ2) is 10.4. The number of likely N-dealkylation sites (N-methyl/N-ethyl adjacent to an activating group) is 1. The van der Waals surface area contributed by atoms with E-state index in [2.05, 4.69) is 46.4 Å². The molecule has 1 aliphatic heterocycles. The van der Waals surface area contributed by atoms with Crippen LogP contribution in [0.1, 0.15) is 23.3 Å². The standard InChI is InChI=1S/C26H31N3O2/c1-28-14-16-29(17-15-28)20-22-7-5-6-21(18-22)19-27-26(30)13-11-24-10-12-25(31-24)23-8-3-2-4-9-23/h2-10,12,18H,11,13-17,19-20H2,1H3,(H,27,30). The predicted molar refractivity (Wildman–Crippen MR) is 124 cm³/mol. The summed E-state index contributed by atoms with van der Waals surface area (Å²) in [6.07, 6.45) is 1.02. The van der Waals surface area contributed by atoms with Gasteiger partial charge in [-0.05, 0) is 30.3 Å². The average Bonchev–Trinajstić information content (AvgIpc) is 3.28. The van der Waals surface area contributed by atoms with Gasteiger partial charge in [-0.3, -0.25) is 9.69 Å². The van der Waals surface area contributed by atoms with Gasteiger partial charge in [0.15, 0.2) is 0 Å². The van der Waals surface area contributed by atoms with Crippen molar-refractivity contribution in [3.8, 4) is 11.3 Å². The van der Waals surface area contributed by atoms with Crippen LogP contribution in [0.4, 0.5) is 0 Å². The highest BCUT2D eigenvalue weighted by Gasteiger charge is 2.14. The van der Waals surface area contributed by atoms with Gasteiger partial charge in [0.2, 0.25) is 5.91 Å². The van der Waals surface area contributed by atoms with Gasteiger partial charge in [-0.15, -0.1) is 0 Å². The van der Waals surface area contributed by atoms with E-state index in [1.54, 1.807) is 0 Å². The molecule has 1 aliphatic rings. The summed E-state index contributed by atoms with van der Waals surface area (Å²) in [5, 5.41) is 3.04. The van der Waals surface area contributed by atoms with Gasteiger partial charge in [0, 0.05) is 57.7 Å². The molecule has 1 fully saturated rings. The Labute approximate surface area is 184 Å². The Morgan fingerprint density at radius 2 is 1.71 bits per heavy atom. The van der Waals surface area contributed by atoms with Gasteiger partial charge >= 0.3 is 0 Å². The number of nitrogens with zero attached hydrogens (tertiary/aromatic N) is 2. The molecule has 0 radical (unpaired) electrons. The zero-order chi connectivity index (χ0) is 21.5. The van der Waals surface area contributed by atoms with Crippen LogP contribution in [0.2, 0.25) is 0 Å². The van der Waals surface area contributed by atoms with E-state index < -0.39 is 0 Å². The van der Waals surface area contributed by atoms with E-state index in [4.69, 9.17) is 4.42 Å². The summed E-state index contributed by atoms with van der Waals surface area (Å²) in [6.45, 7) is 5.99. The summed E-state index contributed by atoms with van der Waals surface area (Å²) in [5.74, 6) is 1.72. The quantitative estimate of drug-likeness (QED) is 0.603. The fourth-order valence-corrected chi connectivity index (χ4v) is 3.90. The summed E-state index contributed by atoms with van der Waals surface area (Å²) in [4.78, 5) is 17.2. The lowest BCUT2D eigenvalue weighted by Gasteiger charge is -2.32. The number of carbonyl (C=O) groups excluding carboxylic acids is 1. The summed E-state index contributed by atoms with van der Waals surface area (Å²) in [7, 11) is 2.18. The van der Waals surface area contributed by atoms with E-state index in [1.165, 1.54) is 5.56 Å². The Morgan fingerprint density at radius 3 is 2.52 bits per heavy atom. The third-order valence-electron chi connectivity index (χ3n) is 5.80. The van der Waals surface area contributed by atoms with Crippen molar-refractivity contribution in [3.05, 3.63) is 83.6 Å². The highest BCUT2D eigenvalue weighted by atomic mass is 16.3. The third-order valence-corrected chi connectivity index (χ3v) is 5.80. The number of amides is 1. The van der Waals surface area contributed by atoms with E-state index in [9.17, 15) is 4.79 Å². The van der Waals surface area contributed by atoms with Gasteiger partial charge < -0.3 is 14.6 Å². The van der Waals surface area contributed by atoms with Gasteiger partial charge in [0.25, 0.3) is 0 Å². The first kappa shape index (κ1) is 21.3. The van der Waals surface area contributed by atoms with E-state index in [-0.39, 0.29) is 5.91 Å². The van der Waals surface area contributed by atoms with Crippen LogP contribution in [0.5, 0.6) is 0 Å². The lowest BCUT2D eigenvalue weighted by molar-refractivity contribution is -0.121. The fourth-order valence-electron chi connectivity index (χ4n) is 3.90. The maximum atomic E-state index is 12.3. The van der Waals surface area contributed by atoms with Crippen molar-refractivity contribution < 1.29 is 9.21 Å². The van der Waals surface area contributed by atoms with Gasteiger partial charge in [-0.25, -0.2) is 0 Å². The minimum Gasteiger partial charge on any atom is -0.461 e. The summed E-state index contributed by atoms with van der Waals surface area (Å²) >= 11 is 0. The summed E-state index contributed by atoms with van der Waals surface area (Å²) in [6, 6.07) is 22.5. The zero-order valence-corrected chi connectivity index (χ0v) is 18.2. The molecule has 3 aromatic rings. The number of carbonyl (C=O) groups is 1. The van der Waals surface area contributed by atoms with Gasteiger partial charge in [-0.1, -0.05) is 54.6 Å². The Hall–Kier alpha value is -2.89. The molecule has 0 bridgehead atoms. The number of benzene rings is 2.